The first-order chi connectivity index (χ1) is 12.7. The van der Waals surface area contributed by atoms with Crippen LogP contribution in [0.1, 0.15) is 18.4 Å². The Labute approximate surface area is 153 Å². The van der Waals surface area contributed by atoms with E-state index in [4.69, 9.17) is 4.74 Å². The van der Waals surface area contributed by atoms with Gasteiger partial charge in [-0.05, 0) is 43.0 Å². The first-order valence-corrected chi connectivity index (χ1v) is 9.01. The number of benzene rings is 2. The fraction of sp³-hybridized carbons (Fsp3) is 0.333. The second-order valence-corrected chi connectivity index (χ2v) is 6.89. The fourth-order valence-electron chi connectivity index (χ4n) is 3.66. The van der Waals surface area contributed by atoms with Gasteiger partial charge in [0.1, 0.15) is 5.75 Å². The molecule has 0 aromatic heterocycles. The van der Waals surface area contributed by atoms with E-state index in [-0.39, 0.29) is 23.7 Å². The van der Waals surface area contributed by atoms with Gasteiger partial charge in [0, 0.05) is 24.0 Å². The molecule has 2 aromatic carbocycles. The molecular formula is C21H22N2O3. The number of nitrogens with one attached hydrogen (secondary N) is 1. The molecule has 4 rings (SSSR count). The molecule has 2 aliphatic rings. The van der Waals surface area contributed by atoms with E-state index in [1.165, 1.54) is 5.56 Å². The van der Waals surface area contributed by atoms with Crippen molar-refractivity contribution in [2.75, 3.05) is 23.9 Å². The molecule has 2 amide bonds. The number of rotatable bonds is 4. The molecule has 1 heterocycles. The van der Waals surface area contributed by atoms with Gasteiger partial charge in [-0.1, -0.05) is 24.3 Å². The van der Waals surface area contributed by atoms with Crippen molar-refractivity contribution in [3.05, 3.63) is 54.1 Å². The Morgan fingerprint density at radius 2 is 1.96 bits per heavy atom. The highest BCUT2D eigenvalue weighted by molar-refractivity contribution is 6.04. The number of amides is 2. The zero-order valence-electron chi connectivity index (χ0n) is 14.8. The molecule has 0 saturated heterocycles. The Morgan fingerprint density at radius 1 is 1.12 bits per heavy atom. The van der Waals surface area contributed by atoms with Crippen LogP contribution in [0, 0.1) is 11.8 Å². The minimum atomic E-state index is -0.247. The molecule has 1 saturated carbocycles. The molecule has 134 valence electrons. The number of ether oxygens (including phenoxy) is 1. The van der Waals surface area contributed by atoms with E-state index in [0.717, 1.165) is 25.1 Å². The van der Waals surface area contributed by atoms with Crippen LogP contribution in [0.3, 0.4) is 0 Å². The van der Waals surface area contributed by atoms with Crippen LogP contribution in [0.4, 0.5) is 11.4 Å². The average molecular weight is 350 g/mol. The molecule has 2 atom stereocenters. The summed E-state index contributed by atoms with van der Waals surface area (Å²) in [6.07, 6.45) is 2.59. The van der Waals surface area contributed by atoms with Gasteiger partial charge in [0.25, 0.3) is 0 Å². The van der Waals surface area contributed by atoms with E-state index in [0.29, 0.717) is 17.9 Å². The summed E-state index contributed by atoms with van der Waals surface area (Å²) < 4.78 is 5.17. The van der Waals surface area contributed by atoms with Gasteiger partial charge in [0.2, 0.25) is 11.8 Å². The van der Waals surface area contributed by atoms with Crippen molar-refractivity contribution in [3.8, 4) is 5.75 Å². The van der Waals surface area contributed by atoms with Crippen molar-refractivity contribution in [1.82, 2.24) is 0 Å². The van der Waals surface area contributed by atoms with Gasteiger partial charge in [0.05, 0.1) is 18.9 Å². The molecule has 2 unspecified atom stereocenters. The molecule has 5 heteroatoms. The van der Waals surface area contributed by atoms with Gasteiger partial charge in [-0.25, -0.2) is 0 Å². The number of fused-ring (bicyclic) bond motifs is 1. The zero-order chi connectivity index (χ0) is 18.1. The monoisotopic (exact) mass is 350 g/mol. The third-order valence-corrected chi connectivity index (χ3v) is 5.16. The maximum absolute atomic E-state index is 12.9. The maximum atomic E-state index is 12.9. The Kier molecular flexibility index (Phi) is 4.37. The largest absolute Gasteiger partial charge is 0.497 e. The number of hydrogen-bond donors (Lipinski definition) is 1. The number of aryl methyl sites for hydroxylation is 1. The number of para-hydroxylation sites is 1. The van der Waals surface area contributed by atoms with Crippen LogP contribution in [0.2, 0.25) is 0 Å². The van der Waals surface area contributed by atoms with Crippen LogP contribution in [-0.4, -0.2) is 25.5 Å². The lowest BCUT2D eigenvalue weighted by Crippen LogP contribution is -2.37. The third kappa shape index (κ3) is 3.17. The van der Waals surface area contributed by atoms with Gasteiger partial charge in [0.15, 0.2) is 0 Å². The van der Waals surface area contributed by atoms with E-state index in [2.05, 4.69) is 11.4 Å². The summed E-state index contributed by atoms with van der Waals surface area (Å²) in [5.74, 6) is 0.204. The van der Waals surface area contributed by atoms with Gasteiger partial charge in [-0.2, -0.15) is 0 Å². The number of nitrogens with zero attached hydrogens (tertiary/aromatic N) is 1. The molecule has 2 aromatic rings. The van der Waals surface area contributed by atoms with E-state index < -0.39 is 0 Å². The lowest BCUT2D eigenvalue weighted by atomic mass is 10.0. The lowest BCUT2D eigenvalue weighted by Gasteiger charge is -2.29. The standard InChI is InChI=1S/C21H22N2O3/c1-26-16-9-4-8-15(12-16)22-20(24)17-13-18(17)21(25)23-11-5-7-14-6-2-3-10-19(14)23/h2-4,6,8-10,12,17-18H,5,7,11,13H2,1H3,(H,22,24). The smallest absolute Gasteiger partial charge is 0.230 e. The topological polar surface area (TPSA) is 58.6 Å². The second kappa shape index (κ2) is 6.83. The Balaban J connectivity index is 1.42. The quantitative estimate of drug-likeness (QED) is 0.921. The number of carbonyl (C=O) groups excluding carboxylic acids is 2. The normalized spacial score (nSPS) is 20.9. The first-order valence-electron chi connectivity index (χ1n) is 9.01. The summed E-state index contributed by atoms with van der Waals surface area (Å²) in [4.78, 5) is 27.3. The Morgan fingerprint density at radius 3 is 2.81 bits per heavy atom. The van der Waals surface area contributed by atoms with Crippen LogP contribution >= 0.6 is 0 Å². The highest BCUT2D eigenvalue weighted by atomic mass is 16.5. The molecule has 26 heavy (non-hydrogen) atoms. The SMILES string of the molecule is COc1cccc(NC(=O)C2CC2C(=O)N2CCCc3ccccc32)c1. The van der Waals surface area contributed by atoms with Crippen LogP contribution in [0.5, 0.6) is 5.75 Å². The summed E-state index contributed by atoms with van der Waals surface area (Å²) in [6, 6.07) is 15.3. The van der Waals surface area contributed by atoms with E-state index in [1.54, 1.807) is 13.2 Å². The predicted octanol–water partition coefficient (Wildman–Crippen LogP) is 3.25. The predicted molar refractivity (Wildman–Crippen MR) is 100 cm³/mol. The summed E-state index contributed by atoms with van der Waals surface area (Å²) in [7, 11) is 1.59. The highest BCUT2D eigenvalue weighted by Crippen LogP contribution is 2.42. The Bertz CT molecular complexity index is 849. The van der Waals surface area contributed by atoms with Crippen molar-refractivity contribution in [2.24, 2.45) is 11.8 Å². The van der Waals surface area contributed by atoms with E-state index >= 15 is 0 Å². The molecule has 1 N–H and O–H groups in total. The minimum absolute atomic E-state index is 0.0722. The molecule has 0 radical (unpaired) electrons. The van der Waals surface area contributed by atoms with Crippen LogP contribution < -0.4 is 15.0 Å². The van der Waals surface area contributed by atoms with Crippen molar-refractivity contribution in [1.29, 1.82) is 0 Å². The highest BCUT2D eigenvalue weighted by Gasteiger charge is 2.50. The van der Waals surface area contributed by atoms with Crippen molar-refractivity contribution in [3.63, 3.8) is 0 Å². The summed E-state index contributed by atoms with van der Waals surface area (Å²) in [5, 5.41) is 2.90. The molecule has 0 spiro atoms. The van der Waals surface area contributed by atoms with Gasteiger partial charge >= 0.3 is 0 Å². The van der Waals surface area contributed by atoms with Crippen molar-refractivity contribution >= 4 is 23.2 Å². The molecule has 1 aliphatic heterocycles. The number of hydrogen-bond acceptors (Lipinski definition) is 3. The molecule has 0 bridgehead atoms. The molecule has 5 nitrogen and oxygen atoms in total. The summed E-state index contributed by atoms with van der Waals surface area (Å²) in [5.41, 5.74) is 2.91. The molecule has 1 fully saturated rings. The molecular weight excluding hydrogens is 328 g/mol. The third-order valence-electron chi connectivity index (χ3n) is 5.16. The Hall–Kier alpha value is -2.82. The van der Waals surface area contributed by atoms with Crippen LogP contribution in [-0.2, 0) is 16.0 Å². The number of methoxy groups -OCH3 is 1. The maximum Gasteiger partial charge on any atom is 0.230 e. The summed E-state index contributed by atoms with van der Waals surface area (Å²) in [6.45, 7) is 0.733. The van der Waals surface area contributed by atoms with E-state index in [1.807, 2.05) is 41.3 Å². The van der Waals surface area contributed by atoms with Gasteiger partial charge in [-0.15, -0.1) is 0 Å². The van der Waals surface area contributed by atoms with Crippen LogP contribution in [0.25, 0.3) is 0 Å². The minimum Gasteiger partial charge on any atom is -0.497 e. The number of anilines is 2. The number of carbonyl (C=O) groups is 2. The van der Waals surface area contributed by atoms with Crippen molar-refractivity contribution < 1.29 is 14.3 Å². The van der Waals surface area contributed by atoms with Gasteiger partial charge < -0.3 is 15.0 Å². The van der Waals surface area contributed by atoms with Crippen LogP contribution in [0.15, 0.2) is 48.5 Å². The lowest BCUT2D eigenvalue weighted by molar-refractivity contribution is -0.123. The second-order valence-electron chi connectivity index (χ2n) is 6.89. The van der Waals surface area contributed by atoms with E-state index in [9.17, 15) is 9.59 Å². The van der Waals surface area contributed by atoms with Gasteiger partial charge in [-0.3, -0.25) is 9.59 Å². The fourth-order valence-corrected chi connectivity index (χ4v) is 3.66. The summed E-state index contributed by atoms with van der Waals surface area (Å²) >= 11 is 0. The average Bonchev–Trinajstić information content (AvgIpc) is 3.48. The van der Waals surface area contributed by atoms with Crippen molar-refractivity contribution in [2.45, 2.75) is 19.3 Å². The zero-order valence-corrected chi connectivity index (χ0v) is 14.8. The first kappa shape index (κ1) is 16.6. The molecule has 1 aliphatic carbocycles.